The highest BCUT2D eigenvalue weighted by atomic mass is 14.3. The van der Waals surface area contributed by atoms with Gasteiger partial charge in [0.2, 0.25) is 0 Å². The van der Waals surface area contributed by atoms with Crippen LogP contribution in [0.25, 0.3) is 0 Å². The van der Waals surface area contributed by atoms with Gasteiger partial charge in [-0.05, 0) is 31.9 Å². The Labute approximate surface area is 101 Å². The normalized spacial score (nSPS) is 10.4. The Bertz CT molecular complexity index is 356. The Morgan fingerprint density at radius 1 is 1.12 bits per heavy atom. The minimum Gasteiger partial charge on any atom is -0.0993 e. The quantitative estimate of drug-likeness (QED) is 0.600. The van der Waals surface area contributed by atoms with Crippen molar-refractivity contribution in [2.24, 2.45) is 0 Å². The van der Waals surface area contributed by atoms with E-state index in [9.17, 15) is 0 Å². The predicted molar refractivity (Wildman–Crippen MR) is 75.1 cm³/mol. The van der Waals surface area contributed by atoms with Crippen molar-refractivity contribution in [1.82, 2.24) is 0 Å². The van der Waals surface area contributed by atoms with E-state index in [0.29, 0.717) is 0 Å². The molecule has 0 unspecified atom stereocenters. The minimum atomic E-state index is 0.0795. The van der Waals surface area contributed by atoms with Crippen molar-refractivity contribution in [2.45, 2.75) is 53.9 Å². The molecular weight excluding hydrogens is 192 g/mol. The van der Waals surface area contributed by atoms with Crippen molar-refractivity contribution in [3.8, 4) is 0 Å². The Kier molecular flexibility index (Phi) is 5.50. The molecule has 16 heavy (non-hydrogen) atoms. The van der Waals surface area contributed by atoms with Crippen LogP contribution in [-0.2, 0) is 5.41 Å². The maximum Gasteiger partial charge on any atom is 0.0102 e. The second-order valence-electron chi connectivity index (χ2n) is 4.72. The number of allylic oxidation sites excluding steroid dienone is 1. The summed E-state index contributed by atoms with van der Waals surface area (Å²) < 4.78 is 0. The lowest BCUT2D eigenvalue weighted by atomic mass is 9.76. The zero-order valence-electron chi connectivity index (χ0n) is 11.9. The van der Waals surface area contributed by atoms with Gasteiger partial charge in [-0.1, -0.05) is 63.6 Å². The fourth-order valence-electron chi connectivity index (χ4n) is 1.64. The molecule has 0 spiro atoms. The van der Waals surface area contributed by atoms with Crippen molar-refractivity contribution >= 4 is 0 Å². The third-order valence-corrected chi connectivity index (χ3v) is 3.13. The van der Waals surface area contributed by atoms with Gasteiger partial charge in [-0.25, -0.2) is 0 Å². The highest BCUT2D eigenvalue weighted by Crippen LogP contribution is 2.32. The number of rotatable bonds is 2. The summed E-state index contributed by atoms with van der Waals surface area (Å²) in [5, 5.41) is 0. The zero-order valence-corrected chi connectivity index (χ0v) is 11.9. The van der Waals surface area contributed by atoms with Crippen LogP contribution < -0.4 is 0 Å². The van der Waals surface area contributed by atoms with E-state index >= 15 is 0 Å². The molecule has 0 heteroatoms. The van der Waals surface area contributed by atoms with E-state index in [2.05, 4.69) is 59.4 Å². The van der Waals surface area contributed by atoms with Crippen molar-refractivity contribution in [1.29, 1.82) is 0 Å². The first kappa shape index (κ1) is 15.0. The molecule has 0 heterocycles. The van der Waals surface area contributed by atoms with Crippen molar-refractivity contribution in [3.05, 3.63) is 47.0 Å². The first-order valence-corrected chi connectivity index (χ1v) is 6.09. The smallest absolute Gasteiger partial charge is 0.0102 e. The molecule has 0 saturated carbocycles. The zero-order chi connectivity index (χ0) is 12.9. The highest BCUT2D eigenvalue weighted by molar-refractivity contribution is 5.40. The van der Waals surface area contributed by atoms with Crippen LogP contribution in [0, 0.1) is 13.8 Å². The third-order valence-electron chi connectivity index (χ3n) is 3.13. The Morgan fingerprint density at radius 3 is 2.06 bits per heavy atom. The molecule has 0 bridgehead atoms. The van der Waals surface area contributed by atoms with E-state index in [1.54, 1.807) is 0 Å². The summed E-state index contributed by atoms with van der Waals surface area (Å²) in [6.07, 6.45) is 0. The predicted octanol–water partition coefficient (Wildman–Crippen LogP) is 5.18. The van der Waals surface area contributed by atoms with E-state index in [0.717, 1.165) is 0 Å². The maximum atomic E-state index is 4.07. The van der Waals surface area contributed by atoms with Gasteiger partial charge in [0, 0.05) is 5.41 Å². The van der Waals surface area contributed by atoms with Crippen LogP contribution in [0.4, 0.5) is 0 Å². The molecule has 0 saturated heterocycles. The molecule has 1 aromatic rings. The van der Waals surface area contributed by atoms with Crippen LogP contribution in [0.15, 0.2) is 30.4 Å². The lowest BCUT2D eigenvalue weighted by Crippen LogP contribution is -2.19. The SMILES string of the molecule is C=C(C)C(C)(C)c1cc(C)ccc1C.CC. The fourth-order valence-corrected chi connectivity index (χ4v) is 1.64. The van der Waals surface area contributed by atoms with Crippen molar-refractivity contribution in [2.75, 3.05) is 0 Å². The Balaban J connectivity index is 0.00000106. The minimum absolute atomic E-state index is 0.0795. The first-order valence-electron chi connectivity index (χ1n) is 6.09. The van der Waals surface area contributed by atoms with Gasteiger partial charge < -0.3 is 0 Å². The molecule has 90 valence electrons. The number of benzene rings is 1. The molecular formula is C16H26. The summed E-state index contributed by atoms with van der Waals surface area (Å²) in [5.41, 5.74) is 5.36. The van der Waals surface area contributed by atoms with E-state index in [-0.39, 0.29) is 5.41 Å². The van der Waals surface area contributed by atoms with Gasteiger partial charge in [0.1, 0.15) is 0 Å². The Hall–Kier alpha value is -1.04. The molecule has 0 aliphatic rings. The molecule has 0 aromatic heterocycles. The van der Waals surface area contributed by atoms with Gasteiger partial charge in [-0.15, -0.1) is 0 Å². The first-order chi connectivity index (χ1) is 7.35. The van der Waals surface area contributed by atoms with E-state index in [1.807, 2.05) is 13.8 Å². The fraction of sp³-hybridized carbons (Fsp3) is 0.500. The third kappa shape index (κ3) is 3.23. The summed E-state index contributed by atoms with van der Waals surface area (Å²) >= 11 is 0. The Morgan fingerprint density at radius 2 is 1.62 bits per heavy atom. The standard InChI is InChI=1S/C14H20.C2H6/c1-10(2)14(5,6)13-9-11(3)7-8-12(13)4;1-2/h7-9H,1H2,2-6H3;1-2H3. The van der Waals surface area contributed by atoms with Gasteiger partial charge >= 0.3 is 0 Å². The van der Waals surface area contributed by atoms with E-state index < -0.39 is 0 Å². The summed E-state index contributed by atoms with van der Waals surface area (Å²) in [6.45, 7) is 18.9. The van der Waals surface area contributed by atoms with Crippen LogP contribution in [0.3, 0.4) is 0 Å². The average molecular weight is 218 g/mol. The molecule has 0 nitrogen and oxygen atoms in total. The van der Waals surface area contributed by atoms with E-state index in [1.165, 1.54) is 22.3 Å². The average Bonchev–Trinajstić information content (AvgIpc) is 2.24. The molecule has 0 radical (unpaired) electrons. The van der Waals surface area contributed by atoms with Crippen LogP contribution in [0.2, 0.25) is 0 Å². The summed E-state index contributed by atoms with van der Waals surface area (Å²) in [6, 6.07) is 6.62. The number of hydrogen-bond donors (Lipinski definition) is 0. The maximum absolute atomic E-state index is 4.07. The second-order valence-corrected chi connectivity index (χ2v) is 4.72. The van der Waals surface area contributed by atoms with Crippen LogP contribution in [0.5, 0.6) is 0 Å². The van der Waals surface area contributed by atoms with Gasteiger partial charge in [0.25, 0.3) is 0 Å². The van der Waals surface area contributed by atoms with Gasteiger partial charge in [0.05, 0.1) is 0 Å². The highest BCUT2D eigenvalue weighted by Gasteiger charge is 2.22. The van der Waals surface area contributed by atoms with Gasteiger partial charge in [-0.2, -0.15) is 0 Å². The van der Waals surface area contributed by atoms with Gasteiger partial charge in [-0.3, -0.25) is 0 Å². The van der Waals surface area contributed by atoms with E-state index in [4.69, 9.17) is 0 Å². The van der Waals surface area contributed by atoms with Gasteiger partial charge in [0.15, 0.2) is 0 Å². The lowest BCUT2D eigenvalue weighted by molar-refractivity contribution is 0.621. The molecule has 0 atom stereocenters. The topological polar surface area (TPSA) is 0 Å². The molecule has 1 aromatic carbocycles. The van der Waals surface area contributed by atoms with Crippen LogP contribution in [-0.4, -0.2) is 0 Å². The number of aryl methyl sites for hydroxylation is 2. The molecule has 0 aliphatic heterocycles. The number of hydrogen-bond acceptors (Lipinski definition) is 0. The summed E-state index contributed by atoms with van der Waals surface area (Å²) in [5.74, 6) is 0. The summed E-state index contributed by atoms with van der Waals surface area (Å²) in [4.78, 5) is 0. The van der Waals surface area contributed by atoms with Crippen LogP contribution in [0.1, 0.15) is 51.3 Å². The molecule has 1 rings (SSSR count). The monoisotopic (exact) mass is 218 g/mol. The second kappa shape index (κ2) is 5.89. The molecule has 0 fully saturated rings. The molecule has 0 amide bonds. The van der Waals surface area contributed by atoms with Crippen molar-refractivity contribution < 1.29 is 0 Å². The van der Waals surface area contributed by atoms with Crippen LogP contribution >= 0.6 is 0 Å². The summed E-state index contributed by atoms with van der Waals surface area (Å²) in [7, 11) is 0. The lowest BCUT2D eigenvalue weighted by Gasteiger charge is -2.28. The molecule has 0 aliphatic carbocycles. The van der Waals surface area contributed by atoms with Crippen molar-refractivity contribution in [3.63, 3.8) is 0 Å². The largest absolute Gasteiger partial charge is 0.0993 e. The molecule has 0 N–H and O–H groups in total.